The molecule has 0 aliphatic carbocycles. The minimum atomic E-state index is -0.380. The first-order valence-corrected chi connectivity index (χ1v) is 11.9. The van der Waals surface area contributed by atoms with Crippen LogP contribution in [0, 0.1) is 0 Å². The van der Waals surface area contributed by atoms with Crippen molar-refractivity contribution < 1.29 is 9.53 Å². The van der Waals surface area contributed by atoms with Crippen LogP contribution in [0.4, 0.5) is 10.1 Å². The second-order valence-electron chi connectivity index (χ2n) is 6.52. The molecule has 0 saturated carbocycles. The van der Waals surface area contributed by atoms with Crippen molar-refractivity contribution in [1.82, 2.24) is 4.98 Å². The van der Waals surface area contributed by atoms with Gasteiger partial charge in [0.05, 0.1) is 21.9 Å². The van der Waals surface area contributed by atoms with Crippen molar-refractivity contribution in [1.29, 1.82) is 0 Å². The van der Waals surface area contributed by atoms with Crippen LogP contribution in [0.25, 0.3) is 10.2 Å². The van der Waals surface area contributed by atoms with Crippen molar-refractivity contribution in [3.63, 3.8) is 0 Å². The van der Waals surface area contributed by atoms with Gasteiger partial charge in [-0.15, -0.1) is 11.3 Å². The minimum absolute atomic E-state index is 0.303. The van der Waals surface area contributed by atoms with Crippen LogP contribution in [-0.4, -0.2) is 22.7 Å². The van der Waals surface area contributed by atoms with Crippen LogP contribution < -0.4 is 10.6 Å². The van der Waals surface area contributed by atoms with Crippen molar-refractivity contribution >= 4 is 77.9 Å². The number of ether oxygens (including phenoxy) is 1. The lowest BCUT2D eigenvalue weighted by Crippen LogP contribution is -2.19. The van der Waals surface area contributed by atoms with E-state index in [0.717, 1.165) is 27.1 Å². The molecule has 0 amide bonds. The van der Waals surface area contributed by atoms with Crippen LogP contribution in [-0.2, 0) is 11.2 Å². The van der Waals surface area contributed by atoms with Crippen LogP contribution in [0.1, 0.15) is 27.7 Å². The Balaban J connectivity index is 1.54. The molecule has 0 unspecified atom stereocenters. The summed E-state index contributed by atoms with van der Waals surface area (Å²) in [5, 5.41) is 8.42. The number of thiophene rings is 1. The van der Waals surface area contributed by atoms with Gasteiger partial charge >= 0.3 is 5.97 Å². The average molecular weight is 488 g/mol. The molecule has 0 aliphatic heterocycles. The number of hydrogen-bond donors (Lipinski definition) is 2. The SMILES string of the molecule is CCOC(=O)c1cc(Cc2ccccc2)sc1NC(=S)Nc1nc2c(Cl)cccc2s1. The fraction of sp³-hybridized carbons (Fsp3) is 0.136. The number of thiazole rings is 1. The molecule has 9 heteroatoms. The second-order valence-corrected chi connectivity index (χ2v) is 9.51. The topological polar surface area (TPSA) is 63.2 Å². The van der Waals surface area contributed by atoms with E-state index in [1.54, 1.807) is 13.0 Å². The number of benzene rings is 2. The number of rotatable bonds is 6. The number of carbonyl (C=O) groups excluding carboxylic acids is 1. The van der Waals surface area contributed by atoms with Gasteiger partial charge in [-0.3, -0.25) is 0 Å². The van der Waals surface area contributed by atoms with Crippen LogP contribution >= 0.6 is 46.5 Å². The van der Waals surface area contributed by atoms with Gasteiger partial charge in [-0.25, -0.2) is 9.78 Å². The summed E-state index contributed by atoms with van der Waals surface area (Å²) in [7, 11) is 0. The van der Waals surface area contributed by atoms with E-state index in [1.807, 2.05) is 36.4 Å². The minimum Gasteiger partial charge on any atom is -0.462 e. The number of nitrogens with zero attached hydrogens (tertiary/aromatic N) is 1. The van der Waals surface area contributed by atoms with Crippen LogP contribution in [0.2, 0.25) is 5.02 Å². The lowest BCUT2D eigenvalue weighted by molar-refractivity contribution is 0.0528. The summed E-state index contributed by atoms with van der Waals surface area (Å²) in [4.78, 5) is 18.0. The Morgan fingerprint density at radius 3 is 2.68 bits per heavy atom. The summed E-state index contributed by atoms with van der Waals surface area (Å²) < 4.78 is 6.19. The molecule has 2 aromatic heterocycles. The zero-order valence-corrected chi connectivity index (χ0v) is 19.7. The molecule has 0 fully saturated rings. The van der Waals surface area contributed by atoms with Crippen LogP contribution in [0.15, 0.2) is 54.6 Å². The number of thiocarbonyl (C=S) groups is 1. The standard InChI is InChI=1S/C22H18ClN3O2S3/c1-2-28-20(27)15-12-14(11-13-7-4-3-5-8-13)30-19(15)25-21(29)26-22-24-18-16(23)9-6-10-17(18)31-22/h3-10,12H,2,11H2,1H3,(H2,24,25,26,29). The smallest absolute Gasteiger partial charge is 0.341 e. The van der Waals surface area contributed by atoms with Gasteiger partial charge in [0.1, 0.15) is 10.5 Å². The lowest BCUT2D eigenvalue weighted by Gasteiger charge is -2.08. The largest absolute Gasteiger partial charge is 0.462 e. The van der Waals surface area contributed by atoms with E-state index in [9.17, 15) is 4.79 Å². The van der Waals surface area contributed by atoms with Crippen LogP contribution in [0.3, 0.4) is 0 Å². The normalized spacial score (nSPS) is 10.8. The van der Waals surface area contributed by atoms with Crippen molar-refractivity contribution in [2.24, 2.45) is 0 Å². The molecule has 31 heavy (non-hydrogen) atoms. The van der Waals surface area contributed by atoms with Crippen molar-refractivity contribution in [3.8, 4) is 0 Å². The molecule has 5 nitrogen and oxygen atoms in total. The molecule has 0 radical (unpaired) electrons. The summed E-state index contributed by atoms with van der Waals surface area (Å²) in [5.74, 6) is -0.380. The predicted octanol–water partition coefficient (Wildman–Crippen LogP) is 6.59. The molecule has 4 aromatic rings. The molecular formula is C22H18ClN3O2S3. The molecule has 0 aliphatic rings. The third-order valence-corrected chi connectivity index (χ3v) is 6.81. The van der Waals surface area contributed by atoms with Gasteiger partial charge in [0.25, 0.3) is 0 Å². The van der Waals surface area contributed by atoms with Gasteiger partial charge in [0.2, 0.25) is 0 Å². The molecule has 4 rings (SSSR count). The lowest BCUT2D eigenvalue weighted by atomic mass is 10.1. The van der Waals surface area contributed by atoms with E-state index in [2.05, 4.69) is 27.8 Å². The summed E-state index contributed by atoms with van der Waals surface area (Å²) in [6.07, 6.45) is 0.718. The third kappa shape index (κ3) is 5.22. The Morgan fingerprint density at radius 2 is 1.94 bits per heavy atom. The van der Waals surface area contributed by atoms with Crippen molar-refractivity contribution in [2.75, 3.05) is 17.2 Å². The van der Waals surface area contributed by atoms with Gasteiger partial charge in [0.15, 0.2) is 10.2 Å². The van der Waals surface area contributed by atoms with E-state index >= 15 is 0 Å². The molecule has 158 valence electrons. The third-order valence-electron chi connectivity index (χ3n) is 4.32. The van der Waals surface area contributed by atoms with Gasteiger partial charge in [-0.1, -0.05) is 59.3 Å². The number of halogens is 1. The molecule has 0 bridgehead atoms. The number of anilines is 2. The first kappa shape index (κ1) is 21.7. The van der Waals surface area contributed by atoms with Gasteiger partial charge < -0.3 is 15.4 Å². The average Bonchev–Trinajstić information content (AvgIpc) is 3.33. The summed E-state index contributed by atoms with van der Waals surface area (Å²) in [6, 6.07) is 17.6. The molecule has 2 aromatic carbocycles. The molecule has 0 spiro atoms. The van der Waals surface area contributed by atoms with E-state index in [4.69, 9.17) is 28.6 Å². The number of para-hydroxylation sites is 1. The zero-order chi connectivity index (χ0) is 21.8. The fourth-order valence-corrected chi connectivity index (χ4v) is 5.56. The monoisotopic (exact) mass is 487 g/mol. The molecular weight excluding hydrogens is 470 g/mol. The summed E-state index contributed by atoms with van der Waals surface area (Å²) in [6.45, 7) is 2.09. The van der Waals surface area contributed by atoms with E-state index in [0.29, 0.717) is 32.4 Å². The Kier molecular flexibility index (Phi) is 6.82. The highest BCUT2D eigenvalue weighted by Crippen LogP contribution is 2.33. The maximum Gasteiger partial charge on any atom is 0.341 e. The zero-order valence-electron chi connectivity index (χ0n) is 16.5. The van der Waals surface area contributed by atoms with Gasteiger partial charge in [-0.05, 0) is 42.9 Å². The number of fused-ring (bicyclic) bond motifs is 1. The Hall–Kier alpha value is -2.52. The van der Waals surface area contributed by atoms with E-state index in [1.165, 1.54) is 22.7 Å². The number of nitrogens with one attached hydrogen (secondary N) is 2. The quantitative estimate of drug-likeness (QED) is 0.236. The maximum absolute atomic E-state index is 12.5. The second kappa shape index (κ2) is 9.74. The maximum atomic E-state index is 12.5. The highest BCUT2D eigenvalue weighted by atomic mass is 35.5. The first-order valence-electron chi connectivity index (χ1n) is 9.50. The number of hydrogen-bond acceptors (Lipinski definition) is 6. The molecule has 2 N–H and O–H groups in total. The molecule has 0 atom stereocenters. The van der Waals surface area contributed by atoms with E-state index in [-0.39, 0.29) is 5.97 Å². The molecule has 2 heterocycles. The van der Waals surface area contributed by atoms with Crippen molar-refractivity contribution in [2.45, 2.75) is 13.3 Å². The summed E-state index contributed by atoms with van der Waals surface area (Å²) >= 11 is 14.6. The number of aromatic nitrogens is 1. The van der Waals surface area contributed by atoms with Crippen LogP contribution in [0.5, 0.6) is 0 Å². The molecule has 0 saturated heterocycles. The highest BCUT2D eigenvalue weighted by molar-refractivity contribution is 7.80. The number of carbonyl (C=O) groups is 1. The first-order chi connectivity index (χ1) is 15.0. The number of esters is 1. The Labute approximate surface area is 198 Å². The Bertz CT molecular complexity index is 1240. The highest BCUT2D eigenvalue weighted by Gasteiger charge is 2.19. The fourth-order valence-electron chi connectivity index (χ4n) is 2.98. The van der Waals surface area contributed by atoms with Gasteiger partial charge in [0, 0.05) is 11.3 Å². The summed E-state index contributed by atoms with van der Waals surface area (Å²) in [5.41, 5.74) is 2.36. The van der Waals surface area contributed by atoms with Crippen molar-refractivity contribution in [3.05, 3.63) is 75.6 Å². The van der Waals surface area contributed by atoms with E-state index < -0.39 is 0 Å². The van der Waals surface area contributed by atoms with Gasteiger partial charge in [-0.2, -0.15) is 0 Å². The Morgan fingerprint density at radius 1 is 1.13 bits per heavy atom. The predicted molar refractivity (Wildman–Crippen MR) is 134 cm³/mol.